The number of aromatic nitrogens is 2. The van der Waals surface area contributed by atoms with E-state index < -0.39 is 0 Å². The van der Waals surface area contributed by atoms with Gasteiger partial charge in [-0.3, -0.25) is 0 Å². The van der Waals surface area contributed by atoms with E-state index in [1.54, 1.807) is 12.5 Å². The summed E-state index contributed by atoms with van der Waals surface area (Å²) in [6.45, 7) is 0.506. The highest BCUT2D eigenvalue weighted by Gasteiger charge is 2.04. The third-order valence-electron chi connectivity index (χ3n) is 3.15. The molecule has 100 valence electrons. The lowest BCUT2D eigenvalue weighted by Crippen LogP contribution is -1.99. The van der Waals surface area contributed by atoms with E-state index in [1.165, 1.54) is 11.1 Å². The molecule has 0 amide bonds. The Morgan fingerprint density at radius 2 is 1.75 bits per heavy atom. The molecule has 3 rings (SSSR count). The molecule has 1 N–H and O–H groups in total. The van der Waals surface area contributed by atoms with Gasteiger partial charge in [-0.05, 0) is 17.2 Å². The van der Waals surface area contributed by atoms with Crippen LogP contribution < -0.4 is 4.74 Å². The van der Waals surface area contributed by atoms with Crippen LogP contribution in [0.2, 0.25) is 0 Å². The van der Waals surface area contributed by atoms with E-state index in [1.807, 2.05) is 24.3 Å². The van der Waals surface area contributed by atoms with E-state index in [4.69, 9.17) is 4.74 Å². The highest BCUT2D eigenvalue weighted by Crippen LogP contribution is 2.22. The summed E-state index contributed by atoms with van der Waals surface area (Å²) in [6.07, 6.45) is 4.31. The van der Waals surface area contributed by atoms with Crippen LogP contribution in [0.1, 0.15) is 16.8 Å². The number of hydrogen-bond donors (Lipinski definition) is 1. The first-order valence-electron chi connectivity index (χ1n) is 6.64. The first kappa shape index (κ1) is 12.5. The lowest BCUT2D eigenvalue weighted by atomic mass is 10.0. The second kappa shape index (κ2) is 6.06. The molecular weight excluding hydrogens is 248 g/mol. The Morgan fingerprint density at radius 1 is 0.950 bits per heavy atom. The first-order valence-corrected chi connectivity index (χ1v) is 6.64. The van der Waals surface area contributed by atoms with Crippen LogP contribution in [0.15, 0.2) is 67.1 Å². The normalized spacial score (nSPS) is 10.4. The summed E-state index contributed by atoms with van der Waals surface area (Å²) in [5.74, 6) is 0.922. The van der Waals surface area contributed by atoms with Crippen molar-refractivity contribution in [3.8, 4) is 5.75 Å². The lowest BCUT2D eigenvalue weighted by Gasteiger charge is -2.10. The summed E-state index contributed by atoms with van der Waals surface area (Å²) in [5, 5.41) is 0. The summed E-state index contributed by atoms with van der Waals surface area (Å²) in [6, 6.07) is 18.6. The molecule has 0 fully saturated rings. The van der Waals surface area contributed by atoms with Gasteiger partial charge in [-0.1, -0.05) is 48.5 Å². The number of hydrogen-bond acceptors (Lipinski definition) is 2. The predicted octanol–water partition coefficient (Wildman–Crippen LogP) is 3.58. The van der Waals surface area contributed by atoms with Gasteiger partial charge in [0.25, 0.3) is 0 Å². The molecule has 1 heterocycles. The molecule has 0 aliphatic heterocycles. The molecule has 0 radical (unpaired) electrons. The molecule has 0 atom stereocenters. The molecule has 3 nitrogen and oxygen atoms in total. The molecule has 0 unspecified atom stereocenters. The van der Waals surface area contributed by atoms with Gasteiger partial charge in [0.2, 0.25) is 0 Å². The van der Waals surface area contributed by atoms with Gasteiger partial charge in [-0.2, -0.15) is 0 Å². The summed E-state index contributed by atoms with van der Waals surface area (Å²) < 4.78 is 5.88. The van der Waals surface area contributed by atoms with Crippen molar-refractivity contribution in [3.05, 3.63) is 83.9 Å². The maximum atomic E-state index is 5.88. The van der Waals surface area contributed by atoms with E-state index in [0.29, 0.717) is 6.61 Å². The van der Waals surface area contributed by atoms with Crippen molar-refractivity contribution in [2.75, 3.05) is 0 Å². The summed E-state index contributed by atoms with van der Waals surface area (Å²) in [4.78, 5) is 7.03. The van der Waals surface area contributed by atoms with Crippen molar-refractivity contribution in [2.45, 2.75) is 13.0 Å². The quantitative estimate of drug-likeness (QED) is 0.765. The molecule has 3 heteroatoms. The summed E-state index contributed by atoms with van der Waals surface area (Å²) in [7, 11) is 0. The maximum absolute atomic E-state index is 5.88. The fourth-order valence-corrected chi connectivity index (χ4v) is 2.13. The minimum Gasteiger partial charge on any atom is -0.487 e. The Morgan fingerprint density at radius 3 is 2.55 bits per heavy atom. The van der Waals surface area contributed by atoms with Crippen molar-refractivity contribution < 1.29 is 4.74 Å². The van der Waals surface area contributed by atoms with Crippen LogP contribution in [0, 0.1) is 0 Å². The average molecular weight is 264 g/mol. The Labute approximate surface area is 118 Å². The zero-order chi connectivity index (χ0) is 13.6. The van der Waals surface area contributed by atoms with Gasteiger partial charge in [-0.15, -0.1) is 0 Å². The fourth-order valence-electron chi connectivity index (χ4n) is 2.13. The van der Waals surface area contributed by atoms with Crippen LogP contribution >= 0.6 is 0 Å². The maximum Gasteiger partial charge on any atom is 0.130 e. The lowest BCUT2D eigenvalue weighted by molar-refractivity contribution is 0.299. The van der Waals surface area contributed by atoms with Gasteiger partial charge < -0.3 is 9.72 Å². The molecule has 2 aromatic carbocycles. The van der Waals surface area contributed by atoms with Gasteiger partial charge in [0.15, 0.2) is 0 Å². The second-order valence-corrected chi connectivity index (χ2v) is 4.64. The topological polar surface area (TPSA) is 37.9 Å². The average Bonchev–Trinajstić information content (AvgIpc) is 3.01. The molecule has 0 saturated carbocycles. The highest BCUT2D eigenvalue weighted by molar-refractivity contribution is 5.37. The van der Waals surface area contributed by atoms with E-state index in [2.05, 4.69) is 40.3 Å². The van der Waals surface area contributed by atoms with Crippen LogP contribution in [0.3, 0.4) is 0 Å². The number of rotatable bonds is 5. The van der Waals surface area contributed by atoms with Gasteiger partial charge in [0, 0.05) is 6.42 Å². The number of H-pyrrole nitrogens is 1. The Bertz CT molecular complexity index is 648. The van der Waals surface area contributed by atoms with Crippen molar-refractivity contribution in [1.29, 1.82) is 0 Å². The highest BCUT2D eigenvalue weighted by atomic mass is 16.5. The molecule has 1 aromatic heterocycles. The summed E-state index contributed by atoms with van der Waals surface area (Å²) >= 11 is 0. The summed E-state index contributed by atoms with van der Waals surface area (Å²) in [5.41, 5.74) is 3.45. The van der Waals surface area contributed by atoms with Crippen molar-refractivity contribution in [2.24, 2.45) is 0 Å². The van der Waals surface area contributed by atoms with Gasteiger partial charge in [0.1, 0.15) is 12.4 Å². The molecule has 0 spiro atoms. The smallest absolute Gasteiger partial charge is 0.130 e. The predicted molar refractivity (Wildman–Crippen MR) is 78.6 cm³/mol. The van der Waals surface area contributed by atoms with E-state index in [0.717, 1.165) is 17.9 Å². The molecular formula is C17H16N2O. The van der Waals surface area contributed by atoms with Crippen LogP contribution in [-0.4, -0.2) is 9.97 Å². The molecule has 0 bridgehead atoms. The van der Waals surface area contributed by atoms with Gasteiger partial charge in [-0.25, -0.2) is 4.98 Å². The number of nitrogens with one attached hydrogen (secondary N) is 1. The minimum absolute atomic E-state index is 0.506. The zero-order valence-electron chi connectivity index (χ0n) is 11.1. The van der Waals surface area contributed by atoms with Crippen LogP contribution in [0.25, 0.3) is 0 Å². The zero-order valence-corrected chi connectivity index (χ0v) is 11.1. The van der Waals surface area contributed by atoms with E-state index >= 15 is 0 Å². The molecule has 20 heavy (non-hydrogen) atoms. The Hall–Kier alpha value is -2.55. The number of ether oxygens (including phenoxy) is 1. The molecule has 0 saturated heterocycles. The van der Waals surface area contributed by atoms with Crippen molar-refractivity contribution in [1.82, 2.24) is 9.97 Å². The molecule has 0 aliphatic rings. The molecule has 0 aliphatic carbocycles. The van der Waals surface area contributed by atoms with E-state index in [-0.39, 0.29) is 0 Å². The Balaban J connectivity index is 1.74. The second-order valence-electron chi connectivity index (χ2n) is 4.64. The Kier molecular flexibility index (Phi) is 3.78. The number of nitrogens with zero attached hydrogens (tertiary/aromatic N) is 1. The van der Waals surface area contributed by atoms with Crippen molar-refractivity contribution >= 4 is 0 Å². The number of aromatic amines is 1. The number of para-hydroxylation sites is 1. The number of imidazole rings is 1. The van der Waals surface area contributed by atoms with Gasteiger partial charge in [0.05, 0.1) is 18.2 Å². The first-order chi connectivity index (χ1) is 9.92. The molecule has 3 aromatic rings. The third-order valence-corrected chi connectivity index (χ3v) is 3.15. The van der Waals surface area contributed by atoms with Crippen LogP contribution in [0.4, 0.5) is 0 Å². The SMILES string of the molecule is c1ccc(Cc2ccccc2OCc2cnc[nH]2)cc1. The van der Waals surface area contributed by atoms with Gasteiger partial charge >= 0.3 is 0 Å². The largest absolute Gasteiger partial charge is 0.487 e. The number of benzene rings is 2. The van der Waals surface area contributed by atoms with Crippen LogP contribution in [-0.2, 0) is 13.0 Å². The monoisotopic (exact) mass is 264 g/mol. The fraction of sp³-hybridized carbons (Fsp3) is 0.118. The van der Waals surface area contributed by atoms with Crippen molar-refractivity contribution in [3.63, 3.8) is 0 Å². The minimum atomic E-state index is 0.506. The van der Waals surface area contributed by atoms with E-state index in [9.17, 15) is 0 Å². The van der Waals surface area contributed by atoms with Crippen LogP contribution in [0.5, 0.6) is 5.75 Å². The standard InChI is InChI=1S/C17H16N2O/c1-2-6-14(7-3-1)10-15-8-4-5-9-17(15)20-12-16-11-18-13-19-16/h1-9,11,13H,10,12H2,(H,18,19). The third kappa shape index (κ3) is 3.06.